The molecule has 0 saturated carbocycles. The number of carbonyl (C=O) groups is 6. The first-order chi connectivity index (χ1) is 30.8. The predicted molar refractivity (Wildman–Crippen MR) is 251 cm³/mol. The first-order valence-corrected chi connectivity index (χ1v) is 24.9. The number of rotatable bonds is 20. The van der Waals surface area contributed by atoms with Gasteiger partial charge in [-0.2, -0.15) is 0 Å². The van der Waals surface area contributed by atoms with Crippen molar-refractivity contribution in [2.75, 3.05) is 39.0 Å². The lowest BCUT2D eigenvalue weighted by molar-refractivity contribution is -0.150. The van der Waals surface area contributed by atoms with Gasteiger partial charge in [-0.3, -0.25) is 19.2 Å². The van der Waals surface area contributed by atoms with Crippen molar-refractivity contribution in [1.29, 1.82) is 0 Å². The third-order valence-electron chi connectivity index (χ3n) is 11.4. The van der Waals surface area contributed by atoms with Crippen LogP contribution in [0.1, 0.15) is 105 Å². The van der Waals surface area contributed by atoms with E-state index in [2.05, 4.69) is 26.6 Å². The number of nitrogens with one attached hydrogen (secondary N) is 5. The van der Waals surface area contributed by atoms with Gasteiger partial charge in [0.1, 0.15) is 35.4 Å². The SMILES string of the molecule is CC(C)CC(NC(=O)[C@@H](Cc1ccccc1)NC(=O)[C@@H](Cc1ccccc1)NC(=O)OC(C)(C)C)C(=O)N[C@H](CCCCNC(=O)OC(C)(C)C)C(=O)N1CC2(CCN(S(C)(=O)=O)CC2)C1. The minimum atomic E-state index is -3.32. The molecule has 2 saturated heterocycles. The number of unbranched alkanes of at least 4 members (excludes halogenated alkanes) is 1. The molecule has 2 aromatic carbocycles. The molecule has 17 nitrogen and oxygen atoms in total. The van der Waals surface area contributed by atoms with Gasteiger partial charge in [-0.05, 0) is 97.1 Å². The summed E-state index contributed by atoms with van der Waals surface area (Å²) in [5, 5.41) is 14.1. The fourth-order valence-electron chi connectivity index (χ4n) is 8.07. The largest absolute Gasteiger partial charge is 0.444 e. The molecule has 2 aliphatic heterocycles. The Bertz CT molecular complexity index is 2060. The Morgan fingerprint density at radius 1 is 0.652 bits per heavy atom. The zero-order chi connectivity index (χ0) is 48.9. The monoisotopic (exact) mass is 940 g/mol. The molecule has 0 bridgehead atoms. The van der Waals surface area contributed by atoms with Crippen LogP contribution < -0.4 is 26.6 Å². The lowest BCUT2D eigenvalue weighted by Crippen LogP contribution is -2.65. The number of carbonyl (C=O) groups excluding carboxylic acids is 6. The molecule has 366 valence electrons. The fourth-order valence-corrected chi connectivity index (χ4v) is 8.92. The maximum atomic E-state index is 14.4. The topological polar surface area (TPSA) is 222 Å². The highest BCUT2D eigenvalue weighted by molar-refractivity contribution is 7.88. The molecule has 2 aromatic rings. The van der Waals surface area contributed by atoms with Crippen LogP contribution in [0, 0.1) is 11.3 Å². The molecule has 6 amide bonds. The highest BCUT2D eigenvalue weighted by Crippen LogP contribution is 2.41. The first kappa shape index (κ1) is 53.4. The maximum absolute atomic E-state index is 14.4. The summed E-state index contributed by atoms with van der Waals surface area (Å²) in [6.45, 7) is 16.1. The Kier molecular flexibility index (Phi) is 19.0. The third kappa shape index (κ3) is 17.9. The molecule has 1 spiro atoms. The Balaban J connectivity index is 1.53. The highest BCUT2D eigenvalue weighted by atomic mass is 32.2. The predicted octanol–water partition coefficient (Wildman–Crippen LogP) is 4.44. The van der Waals surface area contributed by atoms with Gasteiger partial charge >= 0.3 is 12.2 Å². The smallest absolute Gasteiger partial charge is 0.408 e. The molecule has 18 heteroatoms. The van der Waals surface area contributed by atoms with Crippen molar-refractivity contribution < 1.29 is 46.7 Å². The van der Waals surface area contributed by atoms with Gasteiger partial charge in [-0.1, -0.05) is 74.5 Å². The Hall–Kier alpha value is -5.23. The molecule has 4 atom stereocenters. The van der Waals surface area contributed by atoms with Crippen LogP contribution >= 0.6 is 0 Å². The van der Waals surface area contributed by atoms with Gasteiger partial charge < -0.3 is 41.0 Å². The van der Waals surface area contributed by atoms with Crippen molar-refractivity contribution >= 4 is 45.8 Å². The summed E-state index contributed by atoms with van der Waals surface area (Å²) in [7, 11) is -3.32. The molecule has 4 rings (SSSR count). The van der Waals surface area contributed by atoms with Gasteiger partial charge in [0, 0.05) is 51.0 Å². The van der Waals surface area contributed by atoms with Crippen molar-refractivity contribution in [3.8, 4) is 0 Å². The van der Waals surface area contributed by atoms with Crippen molar-refractivity contribution in [3.63, 3.8) is 0 Å². The summed E-state index contributed by atoms with van der Waals surface area (Å²) in [4.78, 5) is 84.1. The van der Waals surface area contributed by atoms with Gasteiger partial charge in [0.05, 0.1) is 6.26 Å². The van der Waals surface area contributed by atoms with E-state index in [1.807, 2.05) is 74.5 Å². The second kappa shape index (κ2) is 23.5. The van der Waals surface area contributed by atoms with Gasteiger partial charge in [-0.15, -0.1) is 0 Å². The van der Waals surface area contributed by atoms with Gasteiger partial charge in [0.2, 0.25) is 33.7 Å². The first-order valence-electron chi connectivity index (χ1n) is 23.0. The zero-order valence-electron chi connectivity index (χ0n) is 40.2. The van der Waals surface area contributed by atoms with Crippen LogP contribution in [-0.2, 0) is 51.5 Å². The Labute approximate surface area is 391 Å². The standard InChI is InChI=1S/C48H73N7O10S/c1-33(2)28-37(51-41(57)38(29-34-18-12-10-13-19-34)52-42(58)39(30-35-20-14-11-15-21-35)53-45(61)65-47(6,7)8)40(56)50-36(22-16-17-25-49-44(60)64-46(3,4)5)43(59)54-31-48(32-54)23-26-55(27-24-48)66(9,62)63/h10-15,18-21,33,36-39H,16-17,22-32H2,1-9H3,(H,49,60)(H,50,56)(H,51,57)(H,52,58)(H,53,61)/t36-,37?,38-,39-/m1/s1. The second-order valence-electron chi connectivity index (χ2n) is 20.2. The second-order valence-corrected chi connectivity index (χ2v) is 22.2. The van der Waals surface area contributed by atoms with E-state index in [0.717, 1.165) is 11.1 Å². The van der Waals surface area contributed by atoms with E-state index >= 15 is 0 Å². The molecule has 0 aromatic heterocycles. The van der Waals surface area contributed by atoms with E-state index in [-0.39, 0.29) is 49.5 Å². The van der Waals surface area contributed by atoms with E-state index in [1.165, 1.54) is 10.6 Å². The summed E-state index contributed by atoms with van der Waals surface area (Å²) in [6, 6.07) is 13.9. The summed E-state index contributed by atoms with van der Waals surface area (Å²) in [5.74, 6) is -2.20. The van der Waals surface area contributed by atoms with Crippen molar-refractivity contribution in [3.05, 3.63) is 71.8 Å². The number of likely N-dealkylation sites (tertiary alicyclic amines) is 1. The number of piperidine rings is 1. The van der Waals surface area contributed by atoms with Crippen LogP contribution in [0.2, 0.25) is 0 Å². The lowest BCUT2D eigenvalue weighted by Gasteiger charge is -2.54. The summed E-state index contributed by atoms with van der Waals surface area (Å²) in [6.07, 6.45) is 2.65. The lowest BCUT2D eigenvalue weighted by atomic mass is 9.72. The minimum Gasteiger partial charge on any atom is -0.444 e. The highest BCUT2D eigenvalue weighted by Gasteiger charge is 2.49. The molecular weight excluding hydrogens is 867 g/mol. The van der Waals surface area contributed by atoms with Gasteiger partial charge in [-0.25, -0.2) is 22.3 Å². The number of hydrogen-bond acceptors (Lipinski definition) is 10. The van der Waals surface area contributed by atoms with Gasteiger partial charge in [0.15, 0.2) is 0 Å². The van der Waals surface area contributed by atoms with Crippen LogP contribution in [0.4, 0.5) is 9.59 Å². The molecule has 0 aliphatic carbocycles. The average molecular weight is 940 g/mol. The quantitative estimate of drug-likeness (QED) is 0.118. The van der Waals surface area contributed by atoms with Gasteiger partial charge in [0.25, 0.3) is 0 Å². The number of ether oxygens (including phenoxy) is 2. The average Bonchev–Trinajstić information content (AvgIpc) is 3.20. The third-order valence-corrected chi connectivity index (χ3v) is 12.7. The van der Waals surface area contributed by atoms with Crippen LogP contribution in [0.25, 0.3) is 0 Å². The number of alkyl carbamates (subject to hydrolysis) is 2. The fraction of sp³-hybridized carbons (Fsp3) is 0.625. The molecular formula is C48H73N7O10S. The molecule has 0 radical (unpaired) electrons. The molecule has 1 unspecified atom stereocenters. The molecule has 2 heterocycles. The molecule has 66 heavy (non-hydrogen) atoms. The maximum Gasteiger partial charge on any atom is 0.408 e. The number of sulfonamides is 1. The Morgan fingerprint density at radius 2 is 1.11 bits per heavy atom. The zero-order valence-corrected chi connectivity index (χ0v) is 41.1. The number of nitrogens with zero attached hydrogens (tertiary/aromatic N) is 2. The minimum absolute atomic E-state index is 0.0655. The van der Waals surface area contributed by atoms with Crippen molar-refractivity contribution in [1.82, 2.24) is 35.8 Å². The molecule has 2 aliphatic rings. The Morgan fingerprint density at radius 3 is 1.59 bits per heavy atom. The van der Waals surface area contributed by atoms with Crippen molar-refractivity contribution in [2.24, 2.45) is 11.3 Å². The van der Waals surface area contributed by atoms with E-state index in [4.69, 9.17) is 9.47 Å². The van der Waals surface area contributed by atoms with Crippen LogP contribution in [-0.4, -0.2) is 128 Å². The van der Waals surface area contributed by atoms with Crippen molar-refractivity contribution in [2.45, 2.75) is 142 Å². The summed E-state index contributed by atoms with van der Waals surface area (Å²) in [5.41, 5.74) is -0.207. The normalized spacial score (nSPS) is 17.0. The van der Waals surface area contributed by atoms with E-state index in [1.54, 1.807) is 46.4 Å². The van der Waals surface area contributed by atoms with Crippen LogP contribution in [0.5, 0.6) is 0 Å². The summed E-state index contributed by atoms with van der Waals surface area (Å²) >= 11 is 0. The van der Waals surface area contributed by atoms with E-state index < -0.39 is 75.3 Å². The number of amides is 6. The van der Waals surface area contributed by atoms with E-state index in [0.29, 0.717) is 51.9 Å². The molecule has 5 N–H and O–H groups in total. The number of hydrogen-bond donors (Lipinski definition) is 5. The van der Waals surface area contributed by atoms with Crippen LogP contribution in [0.15, 0.2) is 60.7 Å². The molecule has 2 fully saturated rings. The van der Waals surface area contributed by atoms with E-state index in [9.17, 15) is 37.2 Å². The van der Waals surface area contributed by atoms with Crippen LogP contribution in [0.3, 0.4) is 0 Å². The number of benzene rings is 2. The summed E-state index contributed by atoms with van der Waals surface area (Å²) < 4.78 is 36.6.